The summed E-state index contributed by atoms with van der Waals surface area (Å²) in [5.41, 5.74) is -4.32. The summed E-state index contributed by atoms with van der Waals surface area (Å²) in [4.78, 5) is 52.0. The van der Waals surface area contributed by atoms with Gasteiger partial charge in [-0.15, -0.1) is 0 Å². The van der Waals surface area contributed by atoms with Crippen LogP contribution in [0.3, 0.4) is 0 Å². The van der Waals surface area contributed by atoms with Gasteiger partial charge in [0.15, 0.2) is 5.60 Å². The van der Waals surface area contributed by atoms with Gasteiger partial charge in [0, 0.05) is 11.5 Å². The molecule has 1 aliphatic carbocycles. The van der Waals surface area contributed by atoms with Crippen molar-refractivity contribution in [2.45, 2.75) is 95.1 Å². The average molecular weight is 573 g/mol. The highest BCUT2D eigenvalue weighted by molar-refractivity contribution is 5.92. The zero-order valence-corrected chi connectivity index (χ0v) is 24.1. The van der Waals surface area contributed by atoms with Crippen LogP contribution in [0.1, 0.15) is 60.3 Å². The van der Waals surface area contributed by atoms with E-state index in [2.05, 4.69) is 0 Å². The van der Waals surface area contributed by atoms with Crippen LogP contribution in [0.2, 0.25) is 0 Å². The molecule has 1 N–H and O–H groups in total. The van der Waals surface area contributed by atoms with Crippen LogP contribution in [0.5, 0.6) is 0 Å². The summed E-state index contributed by atoms with van der Waals surface area (Å²) in [6.07, 6.45) is 2.52. The number of aliphatic hydroxyl groups is 1. The zero-order chi connectivity index (χ0) is 29.5. The predicted octanol–water partition coefficient (Wildman–Crippen LogP) is 2.10. The number of esters is 4. The number of carbonyl (C=O) groups excluding carboxylic acids is 4. The van der Waals surface area contributed by atoms with Gasteiger partial charge in [0.2, 0.25) is 5.60 Å². The summed E-state index contributed by atoms with van der Waals surface area (Å²) in [5, 5.41) is 12.7. The van der Waals surface area contributed by atoms with E-state index in [-0.39, 0.29) is 31.1 Å². The van der Waals surface area contributed by atoms with Gasteiger partial charge in [-0.1, -0.05) is 13.8 Å². The fourth-order valence-corrected chi connectivity index (χ4v) is 9.56. The van der Waals surface area contributed by atoms with Crippen molar-refractivity contribution >= 4 is 23.9 Å². The summed E-state index contributed by atoms with van der Waals surface area (Å²) < 4.78 is 35.4. The number of ether oxygens (including phenoxy) is 6. The lowest BCUT2D eigenvalue weighted by Crippen LogP contribution is -2.74. The van der Waals surface area contributed by atoms with E-state index in [1.165, 1.54) is 7.11 Å². The highest BCUT2D eigenvalue weighted by Crippen LogP contribution is 2.73. The molecule has 0 amide bonds. The van der Waals surface area contributed by atoms with Gasteiger partial charge in [-0.3, -0.25) is 14.4 Å². The first-order valence-corrected chi connectivity index (χ1v) is 14.4. The molecule has 2 spiro atoms. The smallest absolute Gasteiger partial charge is 0.339 e. The lowest BCUT2D eigenvalue weighted by atomic mass is 9.65. The fraction of sp³-hybridized carbons (Fsp3) is 0.733. The summed E-state index contributed by atoms with van der Waals surface area (Å²) in [6.45, 7) is 9.39. The molecule has 2 bridgehead atoms. The minimum Gasteiger partial charge on any atom is -0.469 e. The van der Waals surface area contributed by atoms with Crippen LogP contribution >= 0.6 is 0 Å². The molecule has 6 heterocycles. The van der Waals surface area contributed by atoms with E-state index < -0.39 is 81.8 Å². The molecule has 1 saturated carbocycles. The molecule has 0 unspecified atom stereocenters. The second kappa shape index (κ2) is 7.99. The van der Waals surface area contributed by atoms with E-state index in [4.69, 9.17) is 28.4 Å². The van der Waals surface area contributed by atoms with Crippen molar-refractivity contribution in [3.05, 3.63) is 23.5 Å². The summed E-state index contributed by atoms with van der Waals surface area (Å²) in [6, 6.07) is 0. The number of methoxy groups -OCH3 is 1. The maximum Gasteiger partial charge on any atom is 0.339 e. The Bertz CT molecular complexity index is 1350. The third kappa shape index (κ3) is 3.09. The number of carbonyl (C=O) groups is 4. The minimum absolute atomic E-state index is 0.0870. The number of hydrogen-bond donors (Lipinski definition) is 1. The van der Waals surface area contributed by atoms with Crippen molar-refractivity contribution < 1.29 is 52.7 Å². The summed E-state index contributed by atoms with van der Waals surface area (Å²) in [5.74, 6) is -6.42. The van der Waals surface area contributed by atoms with Crippen molar-refractivity contribution in [1.29, 1.82) is 0 Å². The maximum atomic E-state index is 14.0. The molecular weight excluding hydrogens is 536 g/mol. The fourth-order valence-electron chi connectivity index (χ4n) is 9.56. The van der Waals surface area contributed by atoms with Crippen LogP contribution in [0.4, 0.5) is 0 Å². The topological polar surface area (TPSA) is 144 Å². The molecule has 6 aliphatic heterocycles. The van der Waals surface area contributed by atoms with Crippen LogP contribution in [0.15, 0.2) is 23.5 Å². The van der Waals surface area contributed by atoms with Gasteiger partial charge in [0.05, 0.1) is 31.2 Å². The summed E-state index contributed by atoms with van der Waals surface area (Å²) in [7, 11) is 1.25. The standard InChI is InChI=1S/C30H36O11/c1-13(9-15-10-14(2)23(32)37-15)20-22-25(34)41-28(8-7-27(20,22)5)21(24(33)36-6)16-11-17-26(3,4)39-18-12-19(31)40-29(17,18)30(28,35)38-16/h9-10,13,16-18,20-22,35H,7-8,11-12H2,1-6H3/b15-9+/t13-,16+,17+,18-,20-,21+,22-,27-,28-,29-,30+/m1/s1. The Kier molecular flexibility index (Phi) is 5.28. The second-order valence-corrected chi connectivity index (χ2v) is 13.7. The largest absolute Gasteiger partial charge is 0.469 e. The molecule has 11 nitrogen and oxygen atoms in total. The molecule has 41 heavy (non-hydrogen) atoms. The lowest BCUT2D eigenvalue weighted by molar-refractivity contribution is -0.369. The Morgan fingerprint density at radius 1 is 1.15 bits per heavy atom. The molecule has 0 radical (unpaired) electrons. The Morgan fingerprint density at radius 3 is 2.54 bits per heavy atom. The molecular formula is C30H36O11. The lowest BCUT2D eigenvalue weighted by Gasteiger charge is -2.52. The first-order valence-electron chi connectivity index (χ1n) is 14.4. The maximum absolute atomic E-state index is 14.0. The van der Waals surface area contributed by atoms with Crippen LogP contribution in [-0.2, 0) is 47.6 Å². The molecule has 0 aromatic rings. The van der Waals surface area contributed by atoms with Gasteiger partial charge >= 0.3 is 23.9 Å². The van der Waals surface area contributed by atoms with Gasteiger partial charge in [-0.25, -0.2) is 4.79 Å². The molecule has 5 saturated heterocycles. The number of allylic oxidation sites excluding steroid dienone is 2. The van der Waals surface area contributed by atoms with Gasteiger partial charge in [0.25, 0.3) is 5.79 Å². The Balaban J connectivity index is 1.28. The van der Waals surface area contributed by atoms with Crippen LogP contribution in [-0.4, -0.2) is 70.9 Å². The van der Waals surface area contributed by atoms with Gasteiger partial charge in [-0.05, 0) is 69.4 Å². The van der Waals surface area contributed by atoms with E-state index >= 15 is 0 Å². The van der Waals surface area contributed by atoms with E-state index in [1.807, 2.05) is 33.8 Å². The van der Waals surface area contributed by atoms with Crippen LogP contribution in [0.25, 0.3) is 0 Å². The van der Waals surface area contributed by atoms with Crippen LogP contribution in [0, 0.1) is 35.0 Å². The third-order valence-electron chi connectivity index (χ3n) is 11.3. The molecule has 11 heteroatoms. The Labute approximate surface area is 237 Å². The third-order valence-corrected chi connectivity index (χ3v) is 11.3. The molecule has 6 fully saturated rings. The zero-order valence-electron chi connectivity index (χ0n) is 24.1. The molecule has 7 aliphatic rings. The molecule has 0 aromatic carbocycles. The highest BCUT2D eigenvalue weighted by atomic mass is 16.7. The number of rotatable bonds is 3. The van der Waals surface area contributed by atoms with E-state index in [0.717, 1.165) is 0 Å². The first-order chi connectivity index (χ1) is 19.1. The minimum atomic E-state index is -2.33. The van der Waals surface area contributed by atoms with Gasteiger partial charge in [0.1, 0.15) is 17.8 Å². The van der Waals surface area contributed by atoms with E-state index in [0.29, 0.717) is 17.8 Å². The molecule has 11 atom stereocenters. The van der Waals surface area contributed by atoms with Crippen molar-refractivity contribution in [3.63, 3.8) is 0 Å². The monoisotopic (exact) mass is 572 g/mol. The summed E-state index contributed by atoms with van der Waals surface area (Å²) >= 11 is 0. The van der Waals surface area contributed by atoms with E-state index in [1.54, 1.807) is 13.0 Å². The van der Waals surface area contributed by atoms with Crippen molar-refractivity contribution in [2.75, 3.05) is 7.11 Å². The normalized spacial score (nSPS) is 50.3. The average Bonchev–Trinajstić information content (AvgIpc) is 2.97. The molecule has 222 valence electrons. The van der Waals surface area contributed by atoms with Crippen molar-refractivity contribution in [1.82, 2.24) is 0 Å². The molecule has 7 rings (SSSR count). The quantitative estimate of drug-likeness (QED) is 0.392. The van der Waals surface area contributed by atoms with Gasteiger partial charge < -0.3 is 33.5 Å². The van der Waals surface area contributed by atoms with Crippen LogP contribution < -0.4 is 0 Å². The van der Waals surface area contributed by atoms with Crippen molar-refractivity contribution in [3.8, 4) is 0 Å². The van der Waals surface area contributed by atoms with Crippen molar-refractivity contribution in [2.24, 2.45) is 35.0 Å². The Morgan fingerprint density at radius 2 is 1.88 bits per heavy atom. The SMILES string of the molecule is COC(=O)[C@@H]1[C@@H]2C[C@H]3C(C)(C)O[C@@H]4CC(=O)O[C@@]43[C@@](O)(O2)[C@@]12CC[C@]1(C)[C@H]([C@H](C)/C=C3\C=C(C)C(=O)O3)[C@@H]1C(=O)O2. The number of cyclic esters (lactones) is 1. The number of hydrogen-bond acceptors (Lipinski definition) is 11. The van der Waals surface area contributed by atoms with Gasteiger partial charge in [-0.2, -0.15) is 0 Å². The molecule has 0 aromatic heterocycles. The highest BCUT2D eigenvalue weighted by Gasteiger charge is 2.90. The Hall–Kier alpha value is -2.76. The first kappa shape index (κ1) is 27.1. The number of fused-ring (bicyclic) bond motifs is 4. The van der Waals surface area contributed by atoms with E-state index in [9.17, 15) is 24.3 Å². The predicted molar refractivity (Wildman–Crippen MR) is 136 cm³/mol. The second-order valence-electron chi connectivity index (χ2n) is 13.7.